The van der Waals surface area contributed by atoms with Gasteiger partial charge in [-0.3, -0.25) is 9.59 Å². The molecule has 0 unspecified atom stereocenters. The molecule has 128 valence electrons. The fourth-order valence-corrected chi connectivity index (χ4v) is 1.05. The van der Waals surface area contributed by atoms with E-state index in [1.807, 2.05) is 13.8 Å². The van der Waals surface area contributed by atoms with E-state index in [2.05, 4.69) is 9.47 Å². The van der Waals surface area contributed by atoms with Crippen LogP contribution in [0.2, 0.25) is 0 Å². The third-order valence-electron chi connectivity index (χ3n) is 2.51. The van der Waals surface area contributed by atoms with Gasteiger partial charge in [-0.2, -0.15) is 0 Å². The number of carbonyl (C=O) groups excluding carboxylic acids is 3. The molecule has 0 rings (SSSR count). The number of hydrogen-bond acceptors (Lipinski definition) is 6. The Labute approximate surface area is 133 Å². The van der Waals surface area contributed by atoms with Gasteiger partial charge in [-0.25, -0.2) is 4.79 Å². The van der Waals surface area contributed by atoms with E-state index in [0.29, 0.717) is 18.9 Å². The first-order chi connectivity index (χ1) is 10.1. The van der Waals surface area contributed by atoms with Crippen LogP contribution in [-0.2, 0) is 23.9 Å². The average molecular weight is 315 g/mol. The number of rotatable bonds is 7. The Morgan fingerprint density at radius 1 is 0.955 bits per heavy atom. The lowest BCUT2D eigenvalue weighted by molar-refractivity contribution is -0.146. The van der Waals surface area contributed by atoms with Gasteiger partial charge < -0.3 is 15.2 Å². The molecule has 0 aromatic heterocycles. The molecule has 0 amide bonds. The van der Waals surface area contributed by atoms with Gasteiger partial charge in [0, 0.05) is 17.7 Å². The predicted molar refractivity (Wildman–Crippen MR) is 84.8 cm³/mol. The normalized spacial score (nSPS) is 10.8. The van der Waals surface area contributed by atoms with Crippen LogP contribution in [0.4, 0.5) is 0 Å². The molecule has 0 aliphatic carbocycles. The molecule has 6 heteroatoms. The summed E-state index contributed by atoms with van der Waals surface area (Å²) in [6, 6.07) is 0. The van der Waals surface area contributed by atoms with Crippen molar-refractivity contribution in [2.75, 3.05) is 13.2 Å². The second-order valence-electron chi connectivity index (χ2n) is 5.15. The molecule has 0 atom stereocenters. The number of esters is 2. The standard InChI is InChI=1S/C8H15NO2.C8H14O3/c2*1-4-11-8(10)5-7(9)6(2)3/h5-6H,4,9H2,1-3H3;6H,4-5H2,1-3H3/b7-5+;. The van der Waals surface area contributed by atoms with Gasteiger partial charge in [0.15, 0.2) is 0 Å². The van der Waals surface area contributed by atoms with Crippen LogP contribution in [0, 0.1) is 11.8 Å². The number of ether oxygens (including phenoxy) is 2. The minimum Gasteiger partial charge on any atom is -0.466 e. The van der Waals surface area contributed by atoms with E-state index in [9.17, 15) is 14.4 Å². The summed E-state index contributed by atoms with van der Waals surface area (Å²) < 4.78 is 9.27. The van der Waals surface area contributed by atoms with Crippen LogP contribution in [0.15, 0.2) is 11.8 Å². The van der Waals surface area contributed by atoms with Gasteiger partial charge in [-0.15, -0.1) is 0 Å². The first-order valence-electron chi connectivity index (χ1n) is 7.47. The number of allylic oxidation sites excluding steroid dienone is 1. The average Bonchev–Trinajstić information content (AvgIpc) is 2.39. The smallest absolute Gasteiger partial charge is 0.332 e. The second kappa shape index (κ2) is 12.9. The van der Waals surface area contributed by atoms with E-state index in [4.69, 9.17) is 5.73 Å². The molecule has 6 nitrogen and oxygen atoms in total. The zero-order chi connectivity index (χ0) is 17.7. The highest BCUT2D eigenvalue weighted by Gasteiger charge is 2.12. The lowest BCUT2D eigenvalue weighted by Gasteiger charge is -2.03. The summed E-state index contributed by atoms with van der Waals surface area (Å²) in [6.45, 7) is 11.6. The van der Waals surface area contributed by atoms with Crippen molar-refractivity contribution < 1.29 is 23.9 Å². The van der Waals surface area contributed by atoms with Crippen molar-refractivity contribution >= 4 is 17.7 Å². The Hall–Kier alpha value is -1.85. The number of carbonyl (C=O) groups is 3. The maximum absolute atomic E-state index is 10.9. The van der Waals surface area contributed by atoms with Gasteiger partial charge in [0.1, 0.15) is 12.2 Å². The molecular weight excluding hydrogens is 286 g/mol. The number of Topliss-reactive ketones (excluding diaryl/α,β-unsaturated/α-hetero) is 1. The number of ketones is 1. The second-order valence-corrected chi connectivity index (χ2v) is 5.15. The van der Waals surface area contributed by atoms with Gasteiger partial charge in [0.25, 0.3) is 0 Å². The molecule has 0 fully saturated rings. The van der Waals surface area contributed by atoms with Crippen LogP contribution in [0.25, 0.3) is 0 Å². The van der Waals surface area contributed by atoms with E-state index < -0.39 is 5.97 Å². The fourth-order valence-electron chi connectivity index (χ4n) is 1.05. The van der Waals surface area contributed by atoms with Gasteiger partial charge in [0.05, 0.1) is 13.2 Å². The van der Waals surface area contributed by atoms with Gasteiger partial charge in [-0.05, 0) is 19.8 Å². The number of hydrogen-bond donors (Lipinski definition) is 1. The largest absolute Gasteiger partial charge is 0.466 e. The summed E-state index contributed by atoms with van der Waals surface area (Å²) in [7, 11) is 0. The minimum absolute atomic E-state index is 0.0662. The zero-order valence-corrected chi connectivity index (χ0v) is 14.5. The van der Waals surface area contributed by atoms with Crippen molar-refractivity contribution in [3.8, 4) is 0 Å². The Bertz CT molecular complexity index is 386. The Kier molecular flexibility index (Phi) is 13.1. The maximum Gasteiger partial charge on any atom is 0.332 e. The van der Waals surface area contributed by atoms with Gasteiger partial charge >= 0.3 is 11.9 Å². The van der Waals surface area contributed by atoms with Crippen molar-refractivity contribution in [3.63, 3.8) is 0 Å². The molecule has 0 aliphatic rings. The molecular formula is C16H29NO5. The SMILES string of the molecule is CCOC(=O)/C=C(/N)C(C)C.CCOC(=O)CC(=O)C(C)C. The zero-order valence-electron chi connectivity index (χ0n) is 14.5. The minimum atomic E-state index is -0.425. The van der Waals surface area contributed by atoms with Crippen LogP contribution < -0.4 is 5.73 Å². The molecule has 0 spiro atoms. The first kappa shape index (κ1) is 22.4. The topological polar surface area (TPSA) is 95.7 Å². The predicted octanol–water partition coefficient (Wildman–Crippen LogP) is 2.21. The van der Waals surface area contributed by atoms with E-state index in [0.717, 1.165) is 0 Å². The Balaban J connectivity index is 0. The summed E-state index contributed by atoms with van der Waals surface area (Å²) in [6.07, 6.45) is 1.24. The third-order valence-corrected chi connectivity index (χ3v) is 2.51. The maximum atomic E-state index is 10.9. The van der Waals surface area contributed by atoms with Crippen LogP contribution in [0.5, 0.6) is 0 Å². The molecule has 0 saturated carbocycles. The fraction of sp³-hybridized carbons (Fsp3) is 0.688. The van der Waals surface area contributed by atoms with Crippen molar-refractivity contribution in [1.82, 2.24) is 0 Å². The Morgan fingerprint density at radius 2 is 1.45 bits per heavy atom. The lowest BCUT2D eigenvalue weighted by atomic mass is 10.1. The lowest BCUT2D eigenvalue weighted by Crippen LogP contribution is -2.15. The molecule has 0 aromatic rings. The van der Waals surface area contributed by atoms with Crippen molar-refractivity contribution in [1.29, 1.82) is 0 Å². The van der Waals surface area contributed by atoms with E-state index in [1.54, 1.807) is 27.7 Å². The van der Waals surface area contributed by atoms with E-state index in [1.165, 1.54) is 6.08 Å². The van der Waals surface area contributed by atoms with Crippen LogP contribution in [0.3, 0.4) is 0 Å². The van der Waals surface area contributed by atoms with Gasteiger partial charge in [-0.1, -0.05) is 27.7 Å². The van der Waals surface area contributed by atoms with Crippen LogP contribution in [-0.4, -0.2) is 30.9 Å². The highest BCUT2D eigenvalue weighted by molar-refractivity contribution is 5.96. The summed E-state index contributed by atoms with van der Waals surface area (Å²) in [4.78, 5) is 32.4. The molecule has 2 N–H and O–H groups in total. The highest BCUT2D eigenvalue weighted by atomic mass is 16.5. The van der Waals surface area contributed by atoms with Crippen LogP contribution >= 0.6 is 0 Å². The van der Waals surface area contributed by atoms with Crippen molar-refractivity contribution in [3.05, 3.63) is 11.8 Å². The summed E-state index contributed by atoms with van der Waals surface area (Å²) in [5, 5.41) is 0. The van der Waals surface area contributed by atoms with E-state index >= 15 is 0 Å². The number of nitrogens with two attached hydrogens (primary N) is 1. The molecule has 0 heterocycles. The summed E-state index contributed by atoms with van der Waals surface area (Å²) in [5.41, 5.74) is 6.07. The summed E-state index contributed by atoms with van der Waals surface area (Å²) in [5.74, 6) is -0.743. The molecule has 0 aromatic carbocycles. The third kappa shape index (κ3) is 13.1. The monoisotopic (exact) mass is 315 g/mol. The van der Waals surface area contributed by atoms with Crippen molar-refractivity contribution in [2.45, 2.75) is 48.0 Å². The first-order valence-corrected chi connectivity index (χ1v) is 7.47. The molecule has 0 aliphatic heterocycles. The van der Waals surface area contributed by atoms with Gasteiger partial charge in [0.2, 0.25) is 0 Å². The van der Waals surface area contributed by atoms with Crippen LogP contribution in [0.1, 0.15) is 48.0 Å². The Morgan fingerprint density at radius 3 is 1.82 bits per heavy atom. The summed E-state index contributed by atoms with van der Waals surface area (Å²) >= 11 is 0. The highest BCUT2D eigenvalue weighted by Crippen LogP contribution is 2.01. The molecule has 0 saturated heterocycles. The van der Waals surface area contributed by atoms with E-state index in [-0.39, 0.29) is 30.0 Å². The molecule has 22 heavy (non-hydrogen) atoms. The van der Waals surface area contributed by atoms with Crippen molar-refractivity contribution in [2.24, 2.45) is 17.6 Å². The molecule has 0 bridgehead atoms. The molecule has 0 radical (unpaired) electrons. The quantitative estimate of drug-likeness (QED) is 0.439.